The molecular weight excluding hydrogens is 329 g/mol. The minimum Gasteiger partial charge on any atom is -0.368 e. The first-order chi connectivity index (χ1) is 12.8. The highest BCUT2D eigenvalue weighted by Crippen LogP contribution is 2.14. The highest BCUT2D eigenvalue weighted by molar-refractivity contribution is 5.80. The van der Waals surface area contributed by atoms with E-state index in [1.807, 2.05) is 42.5 Å². The van der Waals surface area contributed by atoms with Gasteiger partial charge >= 0.3 is 0 Å². The van der Waals surface area contributed by atoms with Gasteiger partial charge in [-0.3, -0.25) is 4.99 Å². The molecule has 0 bridgehead atoms. The summed E-state index contributed by atoms with van der Waals surface area (Å²) >= 11 is 0. The van der Waals surface area contributed by atoms with Crippen LogP contribution >= 0.6 is 0 Å². The molecule has 6 heteroatoms. The smallest absolute Gasteiger partial charge is 0.191 e. The van der Waals surface area contributed by atoms with Crippen molar-refractivity contribution in [1.29, 1.82) is 0 Å². The normalized spacial score (nSPS) is 11.4. The lowest BCUT2D eigenvalue weighted by atomic mass is 10.2. The first-order valence-electron chi connectivity index (χ1n) is 8.54. The van der Waals surface area contributed by atoms with E-state index in [4.69, 9.17) is 0 Å². The molecule has 1 heterocycles. The average molecular weight is 351 g/mol. The molecule has 0 saturated carbocycles. The number of nitrogens with zero attached hydrogens (tertiary/aromatic N) is 2. The van der Waals surface area contributed by atoms with Crippen molar-refractivity contribution in [1.82, 2.24) is 15.6 Å². The summed E-state index contributed by atoms with van der Waals surface area (Å²) < 4.78 is 13.6. The Morgan fingerprint density at radius 1 is 0.962 bits per heavy atom. The van der Waals surface area contributed by atoms with Crippen LogP contribution in [-0.2, 0) is 6.54 Å². The summed E-state index contributed by atoms with van der Waals surface area (Å²) in [6.07, 6.45) is 0. The second-order valence-electron chi connectivity index (χ2n) is 5.76. The van der Waals surface area contributed by atoms with Crippen LogP contribution in [0.1, 0.15) is 5.56 Å². The number of aliphatic imine (C=N–C) groups is 1. The van der Waals surface area contributed by atoms with Crippen molar-refractivity contribution >= 4 is 22.7 Å². The molecule has 0 saturated heterocycles. The van der Waals surface area contributed by atoms with Crippen LogP contribution in [0.2, 0.25) is 0 Å². The standard InChI is InChI=1S/C20H22FN5/c1-22-20(25-14-16-7-2-4-8-17(16)21)24-13-12-23-19-11-10-15-6-3-5-9-18(15)26-19/h2-11H,12-14H2,1H3,(H,23,26)(H2,22,24,25). The van der Waals surface area contributed by atoms with E-state index >= 15 is 0 Å². The van der Waals surface area contributed by atoms with Gasteiger partial charge in [0.25, 0.3) is 0 Å². The van der Waals surface area contributed by atoms with Crippen molar-refractivity contribution in [3.63, 3.8) is 0 Å². The first kappa shape index (κ1) is 17.7. The van der Waals surface area contributed by atoms with Crippen molar-refractivity contribution in [3.8, 4) is 0 Å². The Bertz CT molecular complexity index is 894. The summed E-state index contributed by atoms with van der Waals surface area (Å²) in [4.78, 5) is 8.72. The monoisotopic (exact) mass is 351 g/mol. The number of para-hydroxylation sites is 1. The molecule has 5 nitrogen and oxygen atoms in total. The Hall–Kier alpha value is -3.15. The summed E-state index contributed by atoms with van der Waals surface area (Å²) in [5, 5.41) is 10.7. The lowest BCUT2D eigenvalue weighted by Gasteiger charge is -2.13. The molecule has 0 radical (unpaired) electrons. The Morgan fingerprint density at radius 3 is 2.62 bits per heavy atom. The molecule has 134 valence electrons. The fourth-order valence-electron chi connectivity index (χ4n) is 2.58. The lowest BCUT2D eigenvalue weighted by molar-refractivity contribution is 0.605. The maximum atomic E-state index is 13.6. The molecular formula is C20H22FN5. The van der Waals surface area contributed by atoms with Crippen LogP contribution < -0.4 is 16.0 Å². The number of benzene rings is 2. The minimum atomic E-state index is -0.223. The molecule has 2 aromatic carbocycles. The number of pyridine rings is 1. The van der Waals surface area contributed by atoms with Gasteiger partial charge in [0.15, 0.2) is 5.96 Å². The van der Waals surface area contributed by atoms with Gasteiger partial charge in [-0.25, -0.2) is 9.37 Å². The summed E-state index contributed by atoms with van der Waals surface area (Å²) in [7, 11) is 1.69. The predicted octanol–water partition coefficient (Wildman–Crippen LogP) is 3.15. The van der Waals surface area contributed by atoms with Crippen LogP contribution in [-0.4, -0.2) is 31.1 Å². The van der Waals surface area contributed by atoms with E-state index in [1.54, 1.807) is 19.2 Å². The molecule has 0 fully saturated rings. The van der Waals surface area contributed by atoms with Crippen molar-refractivity contribution < 1.29 is 4.39 Å². The lowest BCUT2D eigenvalue weighted by Crippen LogP contribution is -2.39. The molecule has 0 unspecified atom stereocenters. The Kier molecular flexibility index (Phi) is 5.98. The summed E-state index contributed by atoms with van der Waals surface area (Å²) in [6.45, 7) is 1.73. The van der Waals surface area contributed by atoms with E-state index in [-0.39, 0.29) is 5.82 Å². The zero-order valence-corrected chi connectivity index (χ0v) is 14.7. The number of rotatable bonds is 6. The minimum absolute atomic E-state index is 0.223. The van der Waals surface area contributed by atoms with E-state index in [0.29, 0.717) is 31.2 Å². The third-order valence-electron chi connectivity index (χ3n) is 3.95. The highest BCUT2D eigenvalue weighted by Gasteiger charge is 2.02. The topological polar surface area (TPSA) is 61.3 Å². The molecule has 3 aromatic rings. The highest BCUT2D eigenvalue weighted by atomic mass is 19.1. The van der Waals surface area contributed by atoms with Crippen molar-refractivity contribution in [2.75, 3.05) is 25.5 Å². The van der Waals surface area contributed by atoms with E-state index < -0.39 is 0 Å². The molecule has 0 aliphatic rings. The number of hydrogen-bond donors (Lipinski definition) is 3. The Balaban J connectivity index is 1.44. The van der Waals surface area contributed by atoms with Gasteiger partial charge in [0.2, 0.25) is 0 Å². The van der Waals surface area contributed by atoms with Gasteiger partial charge < -0.3 is 16.0 Å². The summed E-state index contributed by atoms with van der Waals surface area (Å²) in [6, 6.07) is 18.7. The van der Waals surface area contributed by atoms with Gasteiger partial charge in [0.05, 0.1) is 5.52 Å². The molecule has 3 N–H and O–H groups in total. The number of hydrogen-bond acceptors (Lipinski definition) is 3. The SMILES string of the molecule is CN=C(NCCNc1ccc2ccccc2n1)NCc1ccccc1F. The van der Waals surface area contributed by atoms with E-state index in [9.17, 15) is 4.39 Å². The number of anilines is 1. The summed E-state index contributed by atoms with van der Waals surface area (Å²) in [5.74, 6) is 1.24. The second-order valence-corrected chi connectivity index (χ2v) is 5.76. The molecule has 0 aliphatic heterocycles. The van der Waals surface area contributed by atoms with Crippen LogP contribution in [0.3, 0.4) is 0 Å². The molecule has 0 atom stereocenters. The van der Waals surface area contributed by atoms with E-state index in [1.165, 1.54) is 6.07 Å². The quantitative estimate of drug-likeness (QED) is 0.363. The average Bonchev–Trinajstić information content (AvgIpc) is 2.68. The van der Waals surface area contributed by atoms with Gasteiger partial charge in [-0.05, 0) is 24.3 Å². The molecule has 1 aromatic heterocycles. The van der Waals surface area contributed by atoms with Crippen LogP contribution in [0.5, 0.6) is 0 Å². The van der Waals surface area contributed by atoms with Crippen LogP contribution in [0.15, 0.2) is 65.7 Å². The van der Waals surface area contributed by atoms with Crippen LogP contribution in [0.25, 0.3) is 10.9 Å². The second kappa shape index (κ2) is 8.80. The van der Waals surface area contributed by atoms with Gasteiger partial charge in [-0.2, -0.15) is 0 Å². The van der Waals surface area contributed by atoms with Gasteiger partial charge in [0, 0.05) is 37.6 Å². The maximum Gasteiger partial charge on any atom is 0.191 e. The summed E-state index contributed by atoms with van der Waals surface area (Å²) in [5.41, 5.74) is 1.57. The van der Waals surface area contributed by atoms with Gasteiger partial charge in [-0.15, -0.1) is 0 Å². The van der Waals surface area contributed by atoms with Gasteiger partial charge in [-0.1, -0.05) is 36.4 Å². The zero-order chi connectivity index (χ0) is 18.2. The molecule has 0 amide bonds. The fraction of sp³-hybridized carbons (Fsp3) is 0.200. The number of guanidine groups is 1. The van der Waals surface area contributed by atoms with E-state index in [2.05, 4.69) is 25.9 Å². The third kappa shape index (κ3) is 4.69. The molecule has 26 heavy (non-hydrogen) atoms. The number of aromatic nitrogens is 1. The molecule has 3 rings (SSSR count). The zero-order valence-electron chi connectivity index (χ0n) is 14.7. The van der Waals surface area contributed by atoms with Crippen molar-refractivity contribution in [2.45, 2.75) is 6.54 Å². The largest absolute Gasteiger partial charge is 0.368 e. The third-order valence-corrected chi connectivity index (χ3v) is 3.95. The maximum absolute atomic E-state index is 13.6. The first-order valence-corrected chi connectivity index (χ1v) is 8.54. The Labute approximate surface area is 152 Å². The Morgan fingerprint density at radius 2 is 1.77 bits per heavy atom. The fourth-order valence-corrected chi connectivity index (χ4v) is 2.58. The molecule has 0 aliphatic carbocycles. The predicted molar refractivity (Wildman–Crippen MR) is 105 cm³/mol. The van der Waals surface area contributed by atoms with Crippen LogP contribution in [0, 0.1) is 5.82 Å². The van der Waals surface area contributed by atoms with Crippen LogP contribution in [0.4, 0.5) is 10.2 Å². The number of halogens is 1. The van der Waals surface area contributed by atoms with Gasteiger partial charge in [0.1, 0.15) is 11.6 Å². The van der Waals surface area contributed by atoms with E-state index in [0.717, 1.165) is 16.7 Å². The molecule has 0 spiro atoms. The number of fused-ring (bicyclic) bond motifs is 1. The van der Waals surface area contributed by atoms with Crippen molar-refractivity contribution in [2.24, 2.45) is 4.99 Å². The van der Waals surface area contributed by atoms with Crippen molar-refractivity contribution in [3.05, 3.63) is 72.0 Å². The number of nitrogens with one attached hydrogen (secondary N) is 3.